The lowest BCUT2D eigenvalue weighted by Crippen LogP contribution is -2.16. The van der Waals surface area contributed by atoms with E-state index in [2.05, 4.69) is 20.5 Å². The number of sulfonamides is 1. The topological polar surface area (TPSA) is 136 Å². The van der Waals surface area contributed by atoms with Gasteiger partial charge in [0.15, 0.2) is 11.0 Å². The van der Waals surface area contributed by atoms with Crippen LogP contribution in [0, 0.1) is 0 Å². The van der Waals surface area contributed by atoms with Gasteiger partial charge in [0, 0.05) is 39.1 Å². The highest BCUT2D eigenvalue weighted by Crippen LogP contribution is 2.32. The number of fused-ring (bicyclic) bond motifs is 1. The molecule has 0 radical (unpaired) electrons. The van der Waals surface area contributed by atoms with E-state index in [1.807, 2.05) is 47.2 Å². The van der Waals surface area contributed by atoms with Crippen molar-refractivity contribution in [1.29, 1.82) is 0 Å². The number of rotatable bonds is 7. The van der Waals surface area contributed by atoms with Crippen LogP contribution >= 0.6 is 23.4 Å². The van der Waals surface area contributed by atoms with Crippen molar-refractivity contribution in [2.45, 2.75) is 10.1 Å². The number of amides is 1. The Morgan fingerprint density at radius 2 is 1.83 bits per heavy atom. The van der Waals surface area contributed by atoms with Crippen LogP contribution in [-0.4, -0.2) is 39.8 Å². The quantitative estimate of drug-likeness (QED) is 0.262. The number of hydrogen-bond donors (Lipinski definition) is 3. The van der Waals surface area contributed by atoms with Crippen LogP contribution in [0.15, 0.2) is 89.0 Å². The summed E-state index contributed by atoms with van der Waals surface area (Å²) >= 11 is 7.30. The zero-order valence-electron chi connectivity index (χ0n) is 18.6. The largest absolute Gasteiger partial charge is 0.360 e. The lowest BCUT2D eigenvalue weighted by Gasteiger charge is -2.11. The number of carbonyl (C=O) groups is 1. The predicted octanol–water partition coefficient (Wildman–Crippen LogP) is 4.45. The predicted molar refractivity (Wildman–Crippen MR) is 141 cm³/mol. The molecule has 0 saturated heterocycles. The van der Waals surface area contributed by atoms with Gasteiger partial charge >= 0.3 is 0 Å². The number of anilines is 1. The summed E-state index contributed by atoms with van der Waals surface area (Å²) in [5.41, 5.74) is 2.94. The molecule has 2 heterocycles. The molecule has 3 aromatic carbocycles. The fourth-order valence-corrected chi connectivity index (χ4v) is 5.13. The molecule has 4 N–H and O–H groups in total. The van der Waals surface area contributed by atoms with Gasteiger partial charge in [-0.15, -0.1) is 10.2 Å². The first kappa shape index (κ1) is 24.1. The normalized spacial score (nSPS) is 11.6. The minimum atomic E-state index is -3.88. The van der Waals surface area contributed by atoms with Gasteiger partial charge in [0.25, 0.3) is 0 Å². The molecule has 0 fully saturated rings. The van der Waals surface area contributed by atoms with Crippen molar-refractivity contribution < 1.29 is 13.2 Å². The molecule has 12 heteroatoms. The van der Waals surface area contributed by atoms with E-state index < -0.39 is 10.0 Å². The van der Waals surface area contributed by atoms with E-state index in [1.54, 1.807) is 18.2 Å². The van der Waals surface area contributed by atoms with Gasteiger partial charge in [0.2, 0.25) is 15.9 Å². The van der Waals surface area contributed by atoms with Crippen LogP contribution in [0.4, 0.5) is 5.69 Å². The Balaban J connectivity index is 1.44. The number of aromatic amines is 1. The number of halogens is 1. The molecule has 0 aliphatic heterocycles. The Kier molecular flexibility index (Phi) is 6.54. The first-order chi connectivity index (χ1) is 17.3. The number of hydrogen-bond acceptors (Lipinski definition) is 6. The number of nitrogens with one attached hydrogen (secondary N) is 2. The van der Waals surface area contributed by atoms with Gasteiger partial charge in [-0.05, 0) is 48.5 Å². The number of benzene rings is 3. The number of nitrogens with zero attached hydrogens (tertiary/aromatic N) is 3. The maximum Gasteiger partial charge on any atom is 0.238 e. The number of aromatic nitrogens is 4. The Morgan fingerprint density at radius 1 is 1.06 bits per heavy atom. The van der Waals surface area contributed by atoms with Gasteiger partial charge in [0.05, 0.1) is 10.6 Å². The van der Waals surface area contributed by atoms with Crippen molar-refractivity contribution in [2.24, 2.45) is 5.14 Å². The van der Waals surface area contributed by atoms with Crippen molar-refractivity contribution in [2.75, 3.05) is 11.1 Å². The van der Waals surface area contributed by atoms with E-state index >= 15 is 0 Å². The zero-order valence-corrected chi connectivity index (χ0v) is 20.9. The number of para-hydroxylation sites is 1. The summed E-state index contributed by atoms with van der Waals surface area (Å²) < 4.78 is 25.0. The average Bonchev–Trinajstić information content (AvgIpc) is 3.47. The molecular weight excluding hydrogens is 520 g/mol. The van der Waals surface area contributed by atoms with Gasteiger partial charge < -0.3 is 10.3 Å². The maximum absolute atomic E-state index is 12.7. The lowest BCUT2D eigenvalue weighted by atomic mass is 10.1. The van der Waals surface area contributed by atoms with Crippen LogP contribution in [0.1, 0.15) is 0 Å². The van der Waals surface area contributed by atoms with Gasteiger partial charge in [0.1, 0.15) is 0 Å². The van der Waals surface area contributed by atoms with E-state index in [9.17, 15) is 13.2 Å². The SMILES string of the molecule is NS(=O)(=O)c1cccc(NC(=O)CSc2nnc(-c3c[nH]c4ccccc34)n2-c2ccc(Cl)cc2)c1. The highest BCUT2D eigenvalue weighted by atomic mass is 35.5. The Labute approximate surface area is 215 Å². The first-order valence-corrected chi connectivity index (χ1v) is 13.5. The molecule has 1 amide bonds. The molecule has 182 valence electrons. The molecule has 0 atom stereocenters. The molecule has 5 rings (SSSR count). The smallest absolute Gasteiger partial charge is 0.238 e. The number of thioether (sulfide) groups is 1. The van der Waals surface area contributed by atoms with Crippen LogP contribution in [0.5, 0.6) is 0 Å². The zero-order chi connectivity index (χ0) is 25.3. The molecule has 0 aliphatic rings. The summed E-state index contributed by atoms with van der Waals surface area (Å²) in [5.74, 6) is 0.281. The monoisotopic (exact) mass is 538 g/mol. The summed E-state index contributed by atoms with van der Waals surface area (Å²) in [6.45, 7) is 0. The Hall–Kier alpha value is -3.64. The third-order valence-electron chi connectivity index (χ3n) is 5.33. The van der Waals surface area contributed by atoms with Gasteiger partial charge in [-0.2, -0.15) is 0 Å². The molecule has 9 nitrogen and oxygen atoms in total. The van der Waals surface area contributed by atoms with Crippen LogP contribution in [0.2, 0.25) is 5.02 Å². The molecule has 2 aromatic heterocycles. The lowest BCUT2D eigenvalue weighted by molar-refractivity contribution is -0.113. The Morgan fingerprint density at radius 3 is 2.61 bits per heavy atom. The summed E-state index contributed by atoms with van der Waals surface area (Å²) in [6, 6.07) is 20.9. The minimum absolute atomic E-state index is 0.0131. The van der Waals surface area contributed by atoms with Crippen molar-refractivity contribution >= 4 is 55.9 Å². The van der Waals surface area contributed by atoms with E-state index in [-0.39, 0.29) is 16.6 Å². The molecule has 0 aliphatic carbocycles. The van der Waals surface area contributed by atoms with Crippen molar-refractivity contribution in [3.63, 3.8) is 0 Å². The second-order valence-corrected chi connectivity index (χ2v) is 10.7. The number of H-pyrrole nitrogens is 1. The van der Waals surface area contributed by atoms with Crippen molar-refractivity contribution in [1.82, 2.24) is 19.7 Å². The maximum atomic E-state index is 12.7. The fraction of sp³-hybridized carbons (Fsp3) is 0.0417. The molecule has 0 saturated carbocycles. The summed E-state index contributed by atoms with van der Waals surface area (Å²) in [7, 11) is -3.88. The van der Waals surface area contributed by atoms with Gasteiger partial charge in [-0.25, -0.2) is 13.6 Å². The fourth-order valence-electron chi connectivity index (χ4n) is 3.70. The average molecular weight is 539 g/mol. The Bertz CT molecular complexity index is 1680. The summed E-state index contributed by atoms with van der Waals surface area (Å²) in [6.07, 6.45) is 1.88. The highest BCUT2D eigenvalue weighted by molar-refractivity contribution is 7.99. The molecule has 0 bridgehead atoms. The van der Waals surface area contributed by atoms with E-state index in [0.29, 0.717) is 21.7 Å². The highest BCUT2D eigenvalue weighted by Gasteiger charge is 2.20. The van der Waals surface area contributed by atoms with Crippen LogP contribution in [0.3, 0.4) is 0 Å². The molecular formula is C24H19ClN6O3S2. The van der Waals surface area contributed by atoms with E-state index in [4.69, 9.17) is 16.7 Å². The summed E-state index contributed by atoms with van der Waals surface area (Å²) in [5, 5.41) is 18.7. The second-order valence-electron chi connectivity index (χ2n) is 7.78. The van der Waals surface area contributed by atoms with Gasteiger partial charge in [-0.1, -0.05) is 47.6 Å². The number of primary sulfonamides is 1. The molecule has 5 aromatic rings. The van der Waals surface area contributed by atoms with Crippen LogP contribution in [-0.2, 0) is 14.8 Å². The summed E-state index contributed by atoms with van der Waals surface area (Å²) in [4.78, 5) is 15.8. The van der Waals surface area contributed by atoms with Crippen LogP contribution in [0.25, 0.3) is 28.0 Å². The third-order valence-corrected chi connectivity index (χ3v) is 7.42. The number of nitrogens with two attached hydrogens (primary N) is 1. The molecule has 0 spiro atoms. The molecule has 36 heavy (non-hydrogen) atoms. The molecule has 0 unspecified atom stereocenters. The second kappa shape index (κ2) is 9.78. The van der Waals surface area contributed by atoms with Gasteiger partial charge in [-0.3, -0.25) is 9.36 Å². The van der Waals surface area contributed by atoms with E-state index in [1.165, 1.54) is 30.0 Å². The van der Waals surface area contributed by atoms with Crippen LogP contribution < -0.4 is 10.5 Å². The van der Waals surface area contributed by atoms with E-state index in [0.717, 1.165) is 22.2 Å². The minimum Gasteiger partial charge on any atom is -0.360 e. The van der Waals surface area contributed by atoms with Crippen molar-refractivity contribution in [3.05, 3.63) is 84.0 Å². The third kappa shape index (κ3) is 5.00. The van der Waals surface area contributed by atoms with Crippen molar-refractivity contribution in [3.8, 4) is 17.1 Å². The number of carbonyl (C=O) groups excluding carboxylic acids is 1. The first-order valence-electron chi connectivity index (χ1n) is 10.6. The standard InChI is InChI=1S/C24H19ClN6O3S2/c25-15-8-10-17(11-9-15)31-23(20-13-27-21-7-2-1-6-19(20)21)29-30-24(31)35-14-22(32)28-16-4-3-5-18(12-16)36(26,33)34/h1-13,27H,14H2,(H,28,32)(H2,26,33,34).